The van der Waals surface area contributed by atoms with Crippen molar-refractivity contribution in [3.8, 4) is 23.3 Å². The molecule has 84 valence electrons. The lowest BCUT2D eigenvalue weighted by Gasteiger charge is -2.08. The Bertz CT molecular complexity index is 444. The van der Waals surface area contributed by atoms with Crippen LogP contribution in [-0.4, -0.2) is 25.8 Å². The summed E-state index contributed by atoms with van der Waals surface area (Å²) in [4.78, 5) is 10.8. The molecule has 3 nitrogen and oxygen atoms in total. The quantitative estimate of drug-likeness (QED) is 0.485. The molecule has 0 fully saturated rings. The van der Waals surface area contributed by atoms with Gasteiger partial charge in [0.05, 0.1) is 30.7 Å². The summed E-state index contributed by atoms with van der Waals surface area (Å²) >= 11 is 3.22. The largest absolute Gasteiger partial charge is 0.496 e. The third-order valence-electron chi connectivity index (χ3n) is 1.97. The second kappa shape index (κ2) is 6.19. The number of halogens is 1. The number of hydrogen-bond acceptors (Lipinski definition) is 3. The molecule has 0 aliphatic heterocycles. The summed E-state index contributed by atoms with van der Waals surface area (Å²) in [7, 11) is 3.05. The first-order valence-electron chi connectivity index (χ1n) is 4.52. The van der Waals surface area contributed by atoms with Crippen LogP contribution in [0, 0.1) is 11.8 Å². The Hall–Kier alpha value is -1.47. The van der Waals surface area contributed by atoms with Crippen LogP contribution in [0.5, 0.6) is 11.5 Å². The van der Waals surface area contributed by atoms with E-state index < -0.39 is 0 Å². The smallest absolute Gasteiger partial charge is 0.153 e. The number of benzene rings is 1. The van der Waals surface area contributed by atoms with E-state index in [4.69, 9.17) is 9.47 Å². The molecule has 1 rings (SSSR count). The van der Waals surface area contributed by atoms with Gasteiger partial charge in [-0.15, -0.1) is 0 Å². The summed E-state index contributed by atoms with van der Waals surface area (Å²) < 4.78 is 10.2. The summed E-state index contributed by atoms with van der Waals surface area (Å²) in [5.74, 6) is 6.85. The van der Waals surface area contributed by atoms with Gasteiger partial charge in [0.15, 0.2) is 6.29 Å². The molecule has 1 aromatic rings. The highest BCUT2D eigenvalue weighted by molar-refractivity contribution is 9.09. The van der Waals surface area contributed by atoms with Crippen molar-refractivity contribution in [3.63, 3.8) is 0 Å². The molecular formula is C12H11BrO3. The van der Waals surface area contributed by atoms with Gasteiger partial charge in [-0.25, -0.2) is 0 Å². The van der Waals surface area contributed by atoms with E-state index in [1.807, 2.05) is 0 Å². The molecule has 1 aromatic carbocycles. The van der Waals surface area contributed by atoms with Crippen molar-refractivity contribution >= 4 is 22.2 Å². The summed E-state index contributed by atoms with van der Waals surface area (Å²) in [5, 5.41) is 0.577. The molecule has 0 saturated carbocycles. The molecule has 0 spiro atoms. The monoisotopic (exact) mass is 282 g/mol. The first-order chi connectivity index (χ1) is 7.76. The van der Waals surface area contributed by atoms with Crippen LogP contribution in [0.15, 0.2) is 12.1 Å². The summed E-state index contributed by atoms with van der Waals surface area (Å²) in [5.41, 5.74) is 1.15. The molecular weight excluding hydrogens is 272 g/mol. The second-order valence-corrected chi connectivity index (χ2v) is 3.41. The summed E-state index contributed by atoms with van der Waals surface area (Å²) in [6.45, 7) is 0. The number of ether oxygens (including phenoxy) is 2. The molecule has 0 radical (unpaired) electrons. The van der Waals surface area contributed by atoms with Gasteiger partial charge in [-0.3, -0.25) is 4.79 Å². The Balaban J connectivity index is 3.31. The fraction of sp³-hybridized carbons (Fsp3) is 0.250. The average Bonchev–Trinajstić information content (AvgIpc) is 2.35. The lowest BCUT2D eigenvalue weighted by molar-refractivity contribution is 0.112. The molecule has 0 N–H and O–H groups in total. The third kappa shape index (κ3) is 2.77. The first kappa shape index (κ1) is 12.6. The minimum absolute atomic E-state index is 0.448. The van der Waals surface area contributed by atoms with Crippen molar-refractivity contribution in [2.45, 2.75) is 0 Å². The lowest BCUT2D eigenvalue weighted by atomic mass is 10.1. The van der Waals surface area contributed by atoms with Crippen molar-refractivity contribution in [1.82, 2.24) is 0 Å². The zero-order valence-corrected chi connectivity index (χ0v) is 10.6. The molecule has 0 unspecified atom stereocenters. The highest BCUT2D eigenvalue weighted by Crippen LogP contribution is 2.27. The van der Waals surface area contributed by atoms with Crippen LogP contribution in [0.2, 0.25) is 0 Å². The van der Waals surface area contributed by atoms with Gasteiger partial charge < -0.3 is 9.47 Å². The van der Waals surface area contributed by atoms with Gasteiger partial charge in [-0.05, 0) is 6.07 Å². The molecule has 4 heteroatoms. The Morgan fingerprint density at radius 2 is 2.00 bits per heavy atom. The minimum atomic E-state index is 0.448. The van der Waals surface area contributed by atoms with Crippen LogP contribution < -0.4 is 9.47 Å². The zero-order chi connectivity index (χ0) is 12.0. The van der Waals surface area contributed by atoms with Gasteiger partial charge >= 0.3 is 0 Å². The number of methoxy groups -OCH3 is 2. The topological polar surface area (TPSA) is 35.5 Å². The Labute approximate surface area is 103 Å². The van der Waals surface area contributed by atoms with Crippen LogP contribution in [0.1, 0.15) is 15.9 Å². The lowest BCUT2D eigenvalue weighted by Crippen LogP contribution is -1.95. The molecule has 0 atom stereocenters. The van der Waals surface area contributed by atoms with Crippen molar-refractivity contribution in [1.29, 1.82) is 0 Å². The van der Waals surface area contributed by atoms with E-state index in [1.54, 1.807) is 12.1 Å². The van der Waals surface area contributed by atoms with Crippen LogP contribution in [0.4, 0.5) is 0 Å². The van der Waals surface area contributed by atoms with E-state index in [1.165, 1.54) is 14.2 Å². The van der Waals surface area contributed by atoms with Crippen LogP contribution in [0.3, 0.4) is 0 Å². The van der Waals surface area contributed by atoms with E-state index in [2.05, 4.69) is 27.8 Å². The van der Waals surface area contributed by atoms with Crippen molar-refractivity contribution in [2.75, 3.05) is 19.5 Å². The van der Waals surface area contributed by atoms with E-state index in [9.17, 15) is 4.79 Å². The molecule has 0 aliphatic carbocycles. The molecule has 0 aliphatic rings. The van der Waals surface area contributed by atoms with Gasteiger partial charge in [0.1, 0.15) is 11.5 Å². The Morgan fingerprint density at radius 3 is 2.50 bits per heavy atom. The van der Waals surface area contributed by atoms with Gasteiger partial charge in [0.25, 0.3) is 0 Å². The van der Waals surface area contributed by atoms with Crippen molar-refractivity contribution < 1.29 is 14.3 Å². The normalized spacial score (nSPS) is 8.94. The number of carbonyl (C=O) groups is 1. The van der Waals surface area contributed by atoms with Gasteiger partial charge in [0.2, 0.25) is 0 Å². The number of carbonyl (C=O) groups excluding carboxylic acids is 1. The Kier molecular flexibility index (Phi) is 4.87. The standard InChI is InChI=1S/C12H11BrO3/c1-15-11-7-10(8-14)12(16-2)6-9(11)4-3-5-13/h6-8H,5H2,1-2H3. The predicted molar refractivity (Wildman–Crippen MR) is 65.6 cm³/mol. The second-order valence-electron chi connectivity index (χ2n) is 2.85. The fourth-order valence-corrected chi connectivity index (χ4v) is 1.38. The predicted octanol–water partition coefficient (Wildman–Crippen LogP) is 2.26. The van der Waals surface area contributed by atoms with E-state index >= 15 is 0 Å². The van der Waals surface area contributed by atoms with E-state index in [-0.39, 0.29) is 0 Å². The van der Waals surface area contributed by atoms with Crippen LogP contribution in [0.25, 0.3) is 0 Å². The molecule has 0 heterocycles. The summed E-state index contributed by atoms with van der Waals surface area (Å²) in [6.07, 6.45) is 0.725. The fourth-order valence-electron chi connectivity index (χ4n) is 1.24. The molecule has 0 amide bonds. The van der Waals surface area contributed by atoms with Crippen LogP contribution in [-0.2, 0) is 0 Å². The highest BCUT2D eigenvalue weighted by atomic mass is 79.9. The SMILES string of the molecule is COc1cc(C=O)c(OC)cc1C#CCBr. The van der Waals surface area contributed by atoms with E-state index in [0.717, 1.165) is 6.29 Å². The minimum Gasteiger partial charge on any atom is -0.496 e. The van der Waals surface area contributed by atoms with Gasteiger partial charge in [-0.2, -0.15) is 0 Å². The maximum absolute atomic E-state index is 10.8. The zero-order valence-electron chi connectivity index (χ0n) is 9.04. The van der Waals surface area contributed by atoms with Crippen molar-refractivity contribution in [2.24, 2.45) is 0 Å². The van der Waals surface area contributed by atoms with Crippen molar-refractivity contribution in [3.05, 3.63) is 23.3 Å². The van der Waals surface area contributed by atoms with Gasteiger partial charge in [0, 0.05) is 6.07 Å². The van der Waals surface area contributed by atoms with Gasteiger partial charge in [-0.1, -0.05) is 27.8 Å². The third-order valence-corrected chi connectivity index (χ3v) is 2.25. The van der Waals surface area contributed by atoms with Crippen LogP contribution >= 0.6 is 15.9 Å². The maximum atomic E-state index is 10.8. The molecule has 16 heavy (non-hydrogen) atoms. The molecule has 0 bridgehead atoms. The average molecular weight is 283 g/mol. The maximum Gasteiger partial charge on any atom is 0.153 e. The molecule has 0 saturated heterocycles. The molecule has 0 aromatic heterocycles. The number of rotatable bonds is 3. The number of hydrogen-bond donors (Lipinski definition) is 0. The number of aldehydes is 1. The first-order valence-corrected chi connectivity index (χ1v) is 5.65. The van der Waals surface area contributed by atoms with E-state index in [0.29, 0.717) is 28.0 Å². The summed E-state index contributed by atoms with van der Waals surface area (Å²) in [6, 6.07) is 3.31. The highest BCUT2D eigenvalue weighted by Gasteiger charge is 2.08. The number of alkyl halides is 1. The Morgan fingerprint density at radius 1 is 1.31 bits per heavy atom.